The van der Waals surface area contributed by atoms with Crippen molar-refractivity contribution in [2.45, 2.75) is 51.6 Å². The highest BCUT2D eigenvalue weighted by Gasteiger charge is 2.38. The van der Waals surface area contributed by atoms with Gasteiger partial charge < -0.3 is 25.2 Å². The van der Waals surface area contributed by atoms with Gasteiger partial charge in [-0.05, 0) is 49.6 Å². The highest BCUT2D eigenvalue weighted by atomic mass is 19.4. The molecule has 0 saturated carbocycles. The maximum atomic E-state index is 12.7. The molecule has 2 aromatic rings. The fraction of sp³-hybridized carbons (Fsp3) is 0.481. The van der Waals surface area contributed by atoms with Gasteiger partial charge in [-0.1, -0.05) is 12.1 Å². The van der Waals surface area contributed by atoms with E-state index in [1.54, 1.807) is 7.11 Å². The number of hydrogen-bond donors (Lipinski definition) is 3. The number of aliphatic carboxylic acids is 2. The molecule has 1 aliphatic heterocycles. The number of ether oxygens (including phenoxy) is 1. The van der Waals surface area contributed by atoms with Crippen molar-refractivity contribution in [2.75, 3.05) is 39.2 Å². The molecule has 0 unspecified atom stereocenters. The molecular formula is C27H34F6N4O6. The summed E-state index contributed by atoms with van der Waals surface area (Å²) in [5.74, 6) is -3.95. The Morgan fingerprint density at radius 2 is 1.53 bits per heavy atom. The molecule has 43 heavy (non-hydrogen) atoms. The Balaban J connectivity index is 0.000000548. The molecule has 0 aliphatic carbocycles. The number of carbonyl (C=O) groups is 3. The maximum Gasteiger partial charge on any atom is 0.490 e. The maximum absolute atomic E-state index is 12.7. The van der Waals surface area contributed by atoms with E-state index in [0.717, 1.165) is 49.7 Å². The van der Waals surface area contributed by atoms with E-state index in [-0.39, 0.29) is 11.9 Å². The number of nitrogens with zero attached hydrogens (tertiary/aromatic N) is 3. The SMILES string of the molecule is COc1cccc(CN2CCc3cc(C(=O)NC(C)C)c(N(C)C)nc3CC2)c1.O=C(O)C(F)(F)F.O=C(O)C(F)(F)F. The van der Waals surface area contributed by atoms with Crippen LogP contribution in [0.25, 0.3) is 0 Å². The molecule has 16 heteroatoms. The van der Waals surface area contributed by atoms with Crippen LogP contribution in [0, 0.1) is 0 Å². The monoisotopic (exact) mass is 624 g/mol. The third-order valence-corrected chi connectivity index (χ3v) is 5.65. The van der Waals surface area contributed by atoms with Crippen molar-refractivity contribution in [2.24, 2.45) is 0 Å². The van der Waals surface area contributed by atoms with Gasteiger partial charge in [0.15, 0.2) is 0 Å². The minimum Gasteiger partial charge on any atom is -0.497 e. The number of benzene rings is 1. The zero-order chi connectivity index (χ0) is 33.1. The Labute approximate surface area is 244 Å². The molecule has 3 N–H and O–H groups in total. The van der Waals surface area contributed by atoms with Gasteiger partial charge in [0.1, 0.15) is 11.6 Å². The summed E-state index contributed by atoms with van der Waals surface area (Å²) in [6.07, 6.45) is -8.39. The first-order chi connectivity index (χ1) is 19.8. The van der Waals surface area contributed by atoms with E-state index in [1.807, 2.05) is 51.0 Å². The normalized spacial score (nSPS) is 13.3. The van der Waals surface area contributed by atoms with E-state index in [4.69, 9.17) is 29.5 Å². The molecule has 2 heterocycles. The molecule has 10 nitrogen and oxygen atoms in total. The van der Waals surface area contributed by atoms with Gasteiger partial charge in [0.25, 0.3) is 5.91 Å². The number of halogens is 6. The van der Waals surface area contributed by atoms with Gasteiger partial charge in [-0.15, -0.1) is 0 Å². The summed E-state index contributed by atoms with van der Waals surface area (Å²) in [5.41, 5.74) is 4.18. The lowest BCUT2D eigenvalue weighted by Gasteiger charge is -2.20. The van der Waals surface area contributed by atoms with Crippen molar-refractivity contribution in [1.29, 1.82) is 0 Å². The molecule has 1 aliphatic rings. The number of methoxy groups -OCH3 is 1. The van der Waals surface area contributed by atoms with Gasteiger partial charge in [0, 0.05) is 51.9 Å². The first kappa shape index (κ1) is 36.9. The molecule has 0 radical (unpaired) electrons. The minimum atomic E-state index is -5.08. The molecule has 0 fully saturated rings. The minimum absolute atomic E-state index is 0.0588. The van der Waals surface area contributed by atoms with Crippen molar-refractivity contribution in [3.05, 3.63) is 52.7 Å². The van der Waals surface area contributed by atoms with Crippen molar-refractivity contribution < 1.29 is 55.7 Å². The number of pyridine rings is 1. The molecule has 3 rings (SSSR count). The predicted molar refractivity (Wildman–Crippen MR) is 144 cm³/mol. The predicted octanol–water partition coefficient (Wildman–Crippen LogP) is 4.16. The smallest absolute Gasteiger partial charge is 0.490 e. The fourth-order valence-corrected chi connectivity index (χ4v) is 3.70. The summed E-state index contributed by atoms with van der Waals surface area (Å²) in [4.78, 5) is 39.8. The number of carboxylic acids is 2. The van der Waals surface area contributed by atoms with Gasteiger partial charge in [-0.3, -0.25) is 9.69 Å². The van der Waals surface area contributed by atoms with Crippen molar-refractivity contribution >= 4 is 23.7 Å². The molecule has 1 aromatic carbocycles. The lowest BCUT2D eigenvalue weighted by Crippen LogP contribution is -2.32. The summed E-state index contributed by atoms with van der Waals surface area (Å²) >= 11 is 0. The molecule has 0 bridgehead atoms. The van der Waals surface area contributed by atoms with Crippen LogP contribution >= 0.6 is 0 Å². The van der Waals surface area contributed by atoms with Crippen LogP contribution in [0.15, 0.2) is 30.3 Å². The van der Waals surface area contributed by atoms with E-state index in [1.165, 1.54) is 11.1 Å². The Bertz CT molecular complexity index is 1230. The van der Waals surface area contributed by atoms with Gasteiger partial charge >= 0.3 is 24.3 Å². The summed E-state index contributed by atoms with van der Waals surface area (Å²) in [6, 6.07) is 10.4. The number of rotatable bonds is 6. The van der Waals surface area contributed by atoms with E-state index in [9.17, 15) is 31.1 Å². The second-order valence-electron chi connectivity index (χ2n) is 9.72. The van der Waals surface area contributed by atoms with Crippen LogP contribution < -0.4 is 15.0 Å². The Morgan fingerprint density at radius 3 is 2.00 bits per heavy atom. The first-order valence-corrected chi connectivity index (χ1v) is 12.7. The number of alkyl halides is 6. The van der Waals surface area contributed by atoms with Crippen molar-refractivity contribution in [3.8, 4) is 5.75 Å². The fourth-order valence-electron chi connectivity index (χ4n) is 3.70. The number of carbonyl (C=O) groups excluding carboxylic acids is 1. The molecule has 0 spiro atoms. The van der Waals surface area contributed by atoms with E-state index >= 15 is 0 Å². The number of aromatic nitrogens is 1. The van der Waals surface area contributed by atoms with Crippen LogP contribution in [-0.2, 0) is 29.0 Å². The standard InChI is InChI=1S/C23H32N4O2.2C2HF3O2/c1-16(2)24-23(28)20-14-18-9-11-27(12-10-21(18)25-22(20)26(3)4)15-17-7-6-8-19(13-17)29-5;2*3-2(4,5)1(6)7/h6-8,13-14,16H,9-12,15H2,1-5H3,(H,24,28);2*(H,6,7). The summed E-state index contributed by atoms with van der Waals surface area (Å²) in [6.45, 7) is 6.72. The topological polar surface area (TPSA) is 132 Å². The Kier molecular flexibility index (Phi) is 13.7. The zero-order valence-electron chi connectivity index (χ0n) is 24.1. The van der Waals surface area contributed by atoms with Gasteiger partial charge in [-0.25, -0.2) is 14.6 Å². The largest absolute Gasteiger partial charge is 0.497 e. The highest BCUT2D eigenvalue weighted by Crippen LogP contribution is 2.24. The zero-order valence-corrected chi connectivity index (χ0v) is 24.1. The van der Waals surface area contributed by atoms with E-state index in [0.29, 0.717) is 5.56 Å². The number of amides is 1. The number of fused-ring (bicyclic) bond motifs is 1. The third-order valence-electron chi connectivity index (χ3n) is 5.65. The first-order valence-electron chi connectivity index (χ1n) is 12.7. The summed E-state index contributed by atoms with van der Waals surface area (Å²) in [7, 11) is 5.57. The highest BCUT2D eigenvalue weighted by molar-refractivity contribution is 5.99. The van der Waals surface area contributed by atoms with Crippen molar-refractivity contribution in [1.82, 2.24) is 15.2 Å². The van der Waals surface area contributed by atoms with E-state index in [2.05, 4.69) is 22.3 Å². The number of carboxylic acid groups (broad SMARTS) is 2. The average Bonchev–Trinajstić information content (AvgIpc) is 3.09. The lowest BCUT2D eigenvalue weighted by atomic mass is 10.0. The molecule has 0 saturated heterocycles. The molecule has 0 atom stereocenters. The van der Waals surface area contributed by atoms with Gasteiger partial charge in [0.05, 0.1) is 12.7 Å². The Morgan fingerprint density at radius 1 is 1.00 bits per heavy atom. The molecule has 1 amide bonds. The quantitative estimate of drug-likeness (QED) is 0.406. The molecule has 240 valence electrons. The molecular weight excluding hydrogens is 590 g/mol. The second-order valence-corrected chi connectivity index (χ2v) is 9.72. The number of hydrogen-bond acceptors (Lipinski definition) is 7. The van der Waals surface area contributed by atoms with Gasteiger partial charge in [0.2, 0.25) is 0 Å². The van der Waals surface area contributed by atoms with Crippen LogP contribution in [0.1, 0.15) is 41.0 Å². The van der Waals surface area contributed by atoms with Crippen LogP contribution in [-0.4, -0.2) is 90.6 Å². The van der Waals surface area contributed by atoms with Crippen LogP contribution in [0.5, 0.6) is 5.75 Å². The number of anilines is 1. The van der Waals surface area contributed by atoms with Crippen LogP contribution in [0.2, 0.25) is 0 Å². The summed E-state index contributed by atoms with van der Waals surface area (Å²) in [5, 5.41) is 17.3. The lowest BCUT2D eigenvalue weighted by molar-refractivity contribution is -0.193. The third kappa shape index (κ3) is 12.8. The average molecular weight is 625 g/mol. The van der Waals surface area contributed by atoms with Gasteiger partial charge in [-0.2, -0.15) is 26.3 Å². The summed E-state index contributed by atoms with van der Waals surface area (Å²) < 4.78 is 68.8. The van der Waals surface area contributed by atoms with Crippen LogP contribution in [0.3, 0.4) is 0 Å². The van der Waals surface area contributed by atoms with Crippen LogP contribution in [0.4, 0.5) is 32.2 Å². The van der Waals surface area contributed by atoms with E-state index < -0.39 is 24.3 Å². The molecule has 1 aromatic heterocycles. The second kappa shape index (κ2) is 16.0. The Hall–Kier alpha value is -4.08. The van der Waals surface area contributed by atoms with Crippen molar-refractivity contribution in [3.63, 3.8) is 0 Å². The number of nitrogens with one attached hydrogen (secondary N) is 1.